The Kier molecular flexibility index (Phi) is 3.93. The zero-order valence-electron chi connectivity index (χ0n) is 11.5. The third kappa shape index (κ3) is 3.27. The molecule has 0 radical (unpaired) electrons. The minimum Gasteiger partial charge on any atom is -0.423 e. The Morgan fingerprint density at radius 2 is 1.90 bits per heavy atom. The van der Waals surface area contributed by atoms with E-state index in [1.807, 2.05) is 54.6 Å². The quantitative estimate of drug-likeness (QED) is 0.780. The Hall–Kier alpha value is -2.66. The summed E-state index contributed by atoms with van der Waals surface area (Å²) in [6.07, 6.45) is 2.46. The molecule has 0 spiro atoms. The zero-order chi connectivity index (χ0) is 14.5. The van der Waals surface area contributed by atoms with E-state index in [0.29, 0.717) is 18.3 Å². The Balaban J connectivity index is 1.77. The minimum absolute atomic E-state index is 0.323. The van der Waals surface area contributed by atoms with Crippen molar-refractivity contribution in [3.8, 4) is 17.4 Å². The maximum absolute atomic E-state index is 5.68. The van der Waals surface area contributed by atoms with Crippen LogP contribution in [0.5, 0.6) is 11.8 Å². The van der Waals surface area contributed by atoms with Gasteiger partial charge in [-0.1, -0.05) is 30.3 Å². The average molecular weight is 280 g/mol. The SMILES string of the molecule is NCCc1cccc(Oc2ncn(-c3ccccc3)n2)c1. The molecular weight excluding hydrogens is 264 g/mol. The standard InChI is InChI=1S/C16H16N4O/c17-10-9-13-5-4-8-15(11-13)21-16-18-12-20(19-16)14-6-2-1-3-7-14/h1-8,11-12H,9-10,17H2. The molecule has 3 rings (SSSR count). The predicted molar refractivity (Wildman–Crippen MR) is 80.6 cm³/mol. The number of hydrogen-bond donors (Lipinski definition) is 1. The molecule has 5 heteroatoms. The van der Waals surface area contributed by atoms with Crippen molar-refractivity contribution in [3.05, 3.63) is 66.5 Å². The number of hydrogen-bond acceptors (Lipinski definition) is 4. The van der Waals surface area contributed by atoms with Gasteiger partial charge in [-0.05, 0) is 42.8 Å². The molecule has 0 unspecified atom stereocenters. The van der Waals surface area contributed by atoms with Gasteiger partial charge in [0.1, 0.15) is 12.1 Å². The number of para-hydroxylation sites is 1. The summed E-state index contributed by atoms with van der Waals surface area (Å²) in [5, 5.41) is 4.31. The molecule has 5 nitrogen and oxygen atoms in total. The molecule has 106 valence electrons. The molecule has 3 aromatic rings. The van der Waals surface area contributed by atoms with Gasteiger partial charge in [-0.2, -0.15) is 4.98 Å². The summed E-state index contributed by atoms with van der Waals surface area (Å²) in [6, 6.07) is 17.9. The van der Waals surface area contributed by atoms with Gasteiger partial charge in [0.05, 0.1) is 5.69 Å². The van der Waals surface area contributed by atoms with Gasteiger partial charge in [0, 0.05) is 0 Å². The summed E-state index contributed by atoms with van der Waals surface area (Å²) in [7, 11) is 0. The van der Waals surface area contributed by atoms with Gasteiger partial charge in [-0.3, -0.25) is 0 Å². The largest absolute Gasteiger partial charge is 0.423 e. The molecule has 0 saturated carbocycles. The van der Waals surface area contributed by atoms with E-state index >= 15 is 0 Å². The highest BCUT2D eigenvalue weighted by atomic mass is 16.5. The van der Waals surface area contributed by atoms with Crippen molar-refractivity contribution in [3.63, 3.8) is 0 Å². The van der Waals surface area contributed by atoms with Crippen molar-refractivity contribution in [1.29, 1.82) is 0 Å². The lowest BCUT2D eigenvalue weighted by molar-refractivity contribution is 0.441. The summed E-state index contributed by atoms with van der Waals surface area (Å²) >= 11 is 0. The van der Waals surface area contributed by atoms with E-state index in [2.05, 4.69) is 10.1 Å². The van der Waals surface area contributed by atoms with E-state index in [9.17, 15) is 0 Å². The van der Waals surface area contributed by atoms with Crippen LogP contribution in [0.2, 0.25) is 0 Å². The van der Waals surface area contributed by atoms with Crippen LogP contribution in [0.25, 0.3) is 5.69 Å². The first kappa shape index (κ1) is 13.3. The van der Waals surface area contributed by atoms with Crippen LogP contribution in [0.15, 0.2) is 60.9 Å². The maximum atomic E-state index is 5.68. The smallest absolute Gasteiger partial charge is 0.341 e. The molecule has 0 aliphatic heterocycles. The molecule has 0 bridgehead atoms. The van der Waals surface area contributed by atoms with Crippen LogP contribution in [0.4, 0.5) is 0 Å². The summed E-state index contributed by atoms with van der Waals surface area (Å²) in [5.41, 5.74) is 7.64. The first-order chi connectivity index (χ1) is 10.3. The second kappa shape index (κ2) is 6.19. The highest BCUT2D eigenvalue weighted by Crippen LogP contribution is 2.19. The van der Waals surface area contributed by atoms with E-state index in [-0.39, 0.29) is 0 Å². The van der Waals surface area contributed by atoms with E-state index < -0.39 is 0 Å². The molecule has 0 fully saturated rings. The van der Waals surface area contributed by atoms with Gasteiger partial charge >= 0.3 is 6.01 Å². The lowest BCUT2D eigenvalue weighted by Crippen LogP contribution is -2.02. The fourth-order valence-corrected chi connectivity index (χ4v) is 2.04. The van der Waals surface area contributed by atoms with Crippen molar-refractivity contribution in [1.82, 2.24) is 14.8 Å². The van der Waals surface area contributed by atoms with Crippen molar-refractivity contribution in [2.45, 2.75) is 6.42 Å². The fraction of sp³-hybridized carbons (Fsp3) is 0.125. The van der Waals surface area contributed by atoms with Gasteiger partial charge < -0.3 is 10.5 Å². The Morgan fingerprint density at radius 3 is 2.71 bits per heavy atom. The minimum atomic E-state index is 0.323. The van der Waals surface area contributed by atoms with Crippen molar-refractivity contribution < 1.29 is 4.74 Å². The highest BCUT2D eigenvalue weighted by Gasteiger charge is 2.05. The Bertz CT molecular complexity index is 709. The van der Waals surface area contributed by atoms with Gasteiger partial charge in [0.15, 0.2) is 0 Å². The molecule has 2 aromatic carbocycles. The first-order valence-corrected chi connectivity index (χ1v) is 6.79. The van der Waals surface area contributed by atoms with Crippen LogP contribution in [-0.4, -0.2) is 21.3 Å². The zero-order valence-corrected chi connectivity index (χ0v) is 11.5. The molecule has 1 aromatic heterocycles. The lowest BCUT2D eigenvalue weighted by atomic mass is 10.1. The topological polar surface area (TPSA) is 66.0 Å². The van der Waals surface area contributed by atoms with Crippen LogP contribution in [0, 0.1) is 0 Å². The molecule has 0 amide bonds. The summed E-state index contributed by atoms with van der Waals surface area (Å²) in [5.74, 6) is 0.715. The van der Waals surface area contributed by atoms with Crippen LogP contribution in [0.1, 0.15) is 5.56 Å². The average Bonchev–Trinajstić information content (AvgIpc) is 2.97. The number of ether oxygens (including phenoxy) is 1. The van der Waals surface area contributed by atoms with E-state index in [4.69, 9.17) is 10.5 Å². The second-order valence-electron chi connectivity index (χ2n) is 4.60. The fourth-order valence-electron chi connectivity index (χ4n) is 2.04. The van der Waals surface area contributed by atoms with Crippen LogP contribution in [-0.2, 0) is 6.42 Å². The third-order valence-corrected chi connectivity index (χ3v) is 3.03. The number of benzene rings is 2. The monoisotopic (exact) mass is 280 g/mol. The number of nitrogens with two attached hydrogens (primary N) is 1. The molecule has 0 aliphatic carbocycles. The van der Waals surface area contributed by atoms with E-state index in [1.54, 1.807) is 11.0 Å². The summed E-state index contributed by atoms with van der Waals surface area (Å²) < 4.78 is 7.36. The maximum Gasteiger partial charge on any atom is 0.341 e. The molecule has 1 heterocycles. The van der Waals surface area contributed by atoms with Crippen molar-refractivity contribution in [2.75, 3.05) is 6.54 Å². The van der Waals surface area contributed by atoms with Crippen molar-refractivity contribution >= 4 is 0 Å². The molecular formula is C16H16N4O. The molecule has 0 saturated heterocycles. The van der Waals surface area contributed by atoms with Gasteiger partial charge in [0.2, 0.25) is 0 Å². The highest BCUT2D eigenvalue weighted by molar-refractivity contribution is 5.32. The lowest BCUT2D eigenvalue weighted by Gasteiger charge is -2.03. The number of nitrogens with zero attached hydrogens (tertiary/aromatic N) is 3. The van der Waals surface area contributed by atoms with Crippen LogP contribution >= 0.6 is 0 Å². The second-order valence-corrected chi connectivity index (χ2v) is 4.60. The molecule has 2 N–H and O–H groups in total. The number of rotatable bonds is 5. The summed E-state index contributed by atoms with van der Waals surface area (Å²) in [4.78, 5) is 4.17. The Morgan fingerprint density at radius 1 is 1.05 bits per heavy atom. The van der Waals surface area contributed by atoms with Gasteiger partial charge in [-0.25, -0.2) is 4.68 Å². The molecule has 0 aliphatic rings. The van der Waals surface area contributed by atoms with E-state index in [0.717, 1.165) is 17.7 Å². The van der Waals surface area contributed by atoms with Gasteiger partial charge in [0.25, 0.3) is 0 Å². The normalized spacial score (nSPS) is 10.5. The van der Waals surface area contributed by atoms with Crippen LogP contribution in [0.3, 0.4) is 0 Å². The first-order valence-electron chi connectivity index (χ1n) is 6.79. The molecule has 21 heavy (non-hydrogen) atoms. The van der Waals surface area contributed by atoms with Gasteiger partial charge in [-0.15, -0.1) is 5.10 Å². The summed E-state index contributed by atoms with van der Waals surface area (Å²) in [6.45, 7) is 0.615. The van der Waals surface area contributed by atoms with E-state index in [1.165, 1.54) is 0 Å². The van der Waals surface area contributed by atoms with Crippen molar-refractivity contribution in [2.24, 2.45) is 5.73 Å². The third-order valence-electron chi connectivity index (χ3n) is 3.03. The van der Waals surface area contributed by atoms with Crippen LogP contribution < -0.4 is 10.5 Å². The predicted octanol–water partition coefficient (Wildman–Crippen LogP) is 2.56. The number of aromatic nitrogens is 3. The Labute approximate surface area is 123 Å². The molecule has 0 atom stereocenters.